The molecule has 2 heterocycles. The average Bonchev–Trinajstić information content (AvgIpc) is 2.42. The molecule has 1 aromatic rings. The molecule has 19 heavy (non-hydrogen) atoms. The molecule has 2 atom stereocenters. The lowest BCUT2D eigenvalue weighted by molar-refractivity contribution is 0.0879. The number of carbonyl (C=O) groups excluding carboxylic acids is 1. The second-order valence-corrected chi connectivity index (χ2v) is 5.27. The summed E-state index contributed by atoms with van der Waals surface area (Å²) in [5.74, 6) is 1.10. The quantitative estimate of drug-likeness (QED) is 0.859. The Morgan fingerprint density at radius 2 is 2.26 bits per heavy atom. The van der Waals surface area contributed by atoms with Crippen LogP contribution in [0.4, 0.5) is 5.82 Å². The number of hydrogen-bond acceptors (Lipinski definition) is 4. The van der Waals surface area contributed by atoms with Crippen molar-refractivity contribution < 1.29 is 4.79 Å². The summed E-state index contributed by atoms with van der Waals surface area (Å²) < 4.78 is 0. The molecule has 1 fully saturated rings. The van der Waals surface area contributed by atoms with Gasteiger partial charge in [0.25, 0.3) is 5.91 Å². The van der Waals surface area contributed by atoms with E-state index in [0.717, 1.165) is 19.5 Å². The number of hydrogen-bond donors (Lipinski definition) is 2. The molecule has 2 rings (SSSR count). The molecule has 2 unspecified atom stereocenters. The summed E-state index contributed by atoms with van der Waals surface area (Å²) in [5.41, 5.74) is 0.470. The van der Waals surface area contributed by atoms with Crippen LogP contribution in [0.15, 0.2) is 18.2 Å². The van der Waals surface area contributed by atoms with E-state index in [1.807, 2.05) is 12.1 Å². The Kier molecular flexibility index (Phi) is 4.37. The lowest BCUT2D eigenvalue weighted by Crippen LogP contribution is -2.49. The molecule has 0 spiro atoms. The van der Waals surface area contributed by atoms with Crippen LogP contribution < -0.4 is 10.6 Å². The molecule has 0 aromatic carbocycles. The minimum Gasteiger partial charge on any atom is -0.373 e. The fourth-order valence-corrected chi connectivity index (χ4v) is 2.51. The first-order valence-corrected chi connectivity index (χ1v) is 6.74. The molecule has 1 saturated heterocycles. The van der Waals surface area contributed by atoms with E-state index in [4.69, 9.17) is 0 Å². The average molecular weight is 262 g/mol. The van der Waals surface area contributed by atoms with Gasteiger partial charge < -0.3 is 15.5 Å². The van der Waals surface area contributed by atoms with E-state index in [0.29, 0.717) is 17.4 Å². The number of amides is 1. The number of anilines is 1. The van der Waals surface area contributed by atoms with Gasteiger partial charge >= 0.3 is 0 Å². The van der Waals surface area contributed by atoms with E-state index in [1.165, 1.54) is 0 Å². The zero-order chi connectivity index (χ0) is 13.8. The van der Waals surface area contributed by atoms with Crippen molar-refractivity contribution in [1.82, 2.24) is 15.2 Å². The van der Waals surface area contributed by atoms with Crippen molar-refractivity contribution in [1.29, 1.82) is 0 Å². The molecule has 0 radical (unpaired) electrons. The van der Waals surface area contributed by atoms with Crippen LogP contribution in [-0.4, -0.2) is 49.0 Å². The molecule has 104 valence electrons. The van der Waals surface area contributed by atoms with Crippen molar-refractivity contribution in [2.75, 3.05) is 32.5 Å². The van der Waals surface area contributed by atoms with Crippen molar-refractivity contribution in [3.05, 3.63) is 23.9 Å². The Bertz CT molecular complexity index is 449. The van der Waals surface area contributed by atoms with Gasteiger partial charge in [0, 0.05) is 19.6 Å². The molecule has 0 aliphatic carbocycles. The maximum atomic E-state index is 12.2. The number of carbonyl (C=O) groups is 1. The first kappa shape index (κ1) is 13.8. The lowest BCUT2D eigenvalue weighted by atomic mass is 9.94. The summed E-state index contributed by atoms with van der Waals surface area (Å²) in [6.45, 7) is 4.23. The summed E-state index contributed by atoms with van der Waals surface area (Å²) in [4.78, 5) is 18.8. The topological polar surface area (TPSA) is 57.3 Å². The lowest BCUT2D eigenvalue weighted by Gasteiger charge is -2.35. The predicted molar refractivity (Wildman–Crippen MR) is 76.3 cm³/mol. The summed E-state index contributed by atoms with van der Waals surface area (Å²) in [6.07, 6.45) is 0.995. The molecule has 5 nitrogen and oxygen atoms in total. The van der Waals surface area contributed by atoms with Crippen molar-refractivity contribution >= 4 is 11.7 Å². The molecule has 2 N–H and O–H groups in total. The minimum absolute atomic E-state index is 0.0847. The molecule has 5 heteroatoms. The summed E-state index contributed by atoms with van der Waals surface area (Å²) in [6, 6.07) is 5.67. The Morgan fingerprint density at radius 3 is 2.95 bits per heavy atom. The van der Waals surface area contributed by atoms with Gasteiger partial charge in [-0.25, -0.2) is 4.98 Å². The van der Waals surface area contributed by atoms with Crippen LogP contribution in [0.1, 0.15) is 23.8 Å². The third-order valence-electron chi connectivity index (χ3n) is 3.66. The van der Waals surface area contributed by atoms with Gasteiger partial charge in [-0.15, -0.1) is 0 Å². The van der Waals surface area contributed by atoms with E-state index in [-0.39, 0.29) is 11.9 Å². The highest BCUT2D eigenvalue weighted by atomic mass is 16.1. The summed E-state index contributed by atoms with van der Waals surface area (Å²) in [7, 11) is 3.91. The maximum absolute atomic E-state index is 12.2. The highest BCUT2D eigenvalue weighted by molar-refractivity contribution is 5.92. The molecule has 1 aliphatic heterocycles. The Labute approximate surface area is 114 Å². The third kappa shape index (κ3) is 3.44. The zero-order valence-corrected chi connectivity index (χ0v) is 11.8. The van der Waals surface area contributed by atoms with Crippen molar-refractivity contribution in [2.45, 2.75) is 19.4 Å². The monoisotopic (exact) mass is 262 g/mol. The first-order chi connectivity index (χ1) is 9.10. The standard InChI is InChI=1S/C14H22N4O/c1-10-9-18(3)8-7-11(10)17-14(19)12-5-4-6-13(15-2)16-12/h4-6,10-11H,7-9H2,1-3H3,(H,15,16)(H,17,19). The fourth-order valence-electron chi connectivity index (χ4n) is 2.51. The zero-order valence-electron chi connectivity index (χ0n) is 11.8. The molecule has 1 aromatic heterocycles. The van der Waals surface area contributed by atoms with E-state index in [9.17, 15) is 4.79 Å². The molecule has 1 aliphatic rings. The first-order valence-electron chi connectivity index (χ1n) is 6.74. The van der Waals surface area contributed by atoms with Crippen LogP contribution >= 0.6 is 0 Å². The molecule has 0 bridgehead atoms. The van der Waals surface area contributed by atoms with Crippen molar-refractivity contribution in [2.24, 2.45) is 5.92 Å². The molecular weight excluding hydrogens is 240 g/mol. The number of nitrogens with zero attached hydrogens (tertiary/aromatic N) is 2. The van der Waals surface area contributed by atoms with Crippen LogP contribution in [0.3, 0.4) is 0 Å². The van der Waals surface area contributed by atoms with Gasteiger partial charge in [-0.1, -0.05) is 13.0 Å². The van der Waals surface area contributed by atoms with Crippen LogP contribution in [0, 0.1) is 5.92 Å². The molecule has 0 saturated carbocycles. The molecule has 1 amide bonds. The highest BCUT2D eigenvalue weighted by Gasteiger charge is 2.26. The minimum atomic E-state index is -0.0847. The maximum Gasteiger partial charge on any atom is 0.270 e. The third-order valence-corrected chi connectivity index (χ3v) is 3.66. The largest absolute Gasteiger partial charge is 0.373 e. The summed E-state index contributed by atoms with van der Waals surface area (Å²) in [5, 5.41) is 6.04. The Morgan fingerprint density at radius 1 is 1.47 bits per heavy atom. The van der Waals surface area contributed by atoms with Gasteiger partial charge in [0.05, 0.1) is 0 Å². The van der Waals surface area contributed by atoms with Gasteiger partial charge in [-0.3, -0.25) is 4.79 Å². The van der Waals surface area contributed by atoms with Crippen molar-refractivity contribution in [3.8, 4) is 0 Å². The van der Waals surface area contributed by atoms with Gasteiger partial charge in [0.1, 0.15) is 11.5 Å². The summed E-state index contributed by atoms with van der Waals surface area (Å²) >= 11 is 0. The van der Waals surface area contributed by atoms with Crippen molar-refractivity contribution in [3.63, 3.8) is 0 Å². The Balaban J connectivity index is 2.00. The Hall–Kier alpha value is -1.62. The number of pyridine rings is 1. The van der Waals surface area contributed by atoms with Crippen LogP contribution in [0.2, 0.25) is 0 Å². The van der Waals surface area contributed by atoms with E-state index >= 15 is 0 Å². The van der Waals surface area contributed by atoms with Gasteiger partial charge in [0.2, 0.25) is 0 Å². The number of rotatable bonds is 3. The normalized spacial score (nSPS) is 23.9. The fraction of sp³-hybridized carbons (Fsp3) is 0.571. The smallest absolute Gasteiger partial charge is 0.270 e. The highest BCUT2D eigenvalue weighted by Crippen LogP contribution is 2.16. The van der Waals surface area contributed by atoms with Crippen LogP contribution in [0.5, 0.6) is 0 Å². The van der Waals surface area contributed by atoms with E-state index in [2.05, 4.69) is 34.5 Å². The van der Waals surface area contributed by atoms with E-state index < -0.39 is 0 Å². The van der Waals surface area contributed by atoms with Crippen LogP contribution in [0.25, 0.3) is 0 Å². The van der Waals surface area contributed by atoms with Gasteiger partial charge in [-0.05, 0) is 38.1 Å². The molecular formula is C14H22N4O. The number of nitrogens with one attached hydrogen (secondary N) is 2. The van der Waals surface area contributed by atoms with Gasteiger partial charge in [-0.2, -0.15) is 0 Å². The number of piperidine rings is 1. The van der Waals surface area contributed by atoms with E-state index in [1.54, 1.807) is 13.1 Å². The van der Waals surface area contributed by atoms with Crippen LogP contribution in [-0.2, 0) is 0 Å². The predicted octanol–water partition coefficient (Wildman–Crippen LogP) is 1.19. The second kappa shape index (κ2) is 6.02. The second-order valence-electron chi connectivity index (χ2n) is 5.27. The SMILES string of the molecule is CNc1cccc(C(=O)NC2CCN(C)CC2C)n1. The number of likely N-dealkylation sites (tertiary alicyclic amines) is 1. The van der Waals surface area contributed by atoms with Gasteiger partial charge in [0.15, 0.2) is 0 Å². The number of aromatic nitrogens is 1.